The minimum atomic E-state index is 0.0333. The van der Waals surface area contributed by atoms with Crippen molar-refractivity contribution in [3.05, 3.63) is 45.7 Å². The van der Waals surface area contributed by atoms with Crippen LogP contribution >= 0.6 is 11.8 Å². The second-order valence-electron chi connectivity index (χ2n) is 6.59. The van der Waals surface area contributed by atoms with Crippen LogP contribution in [-0.2, 0) is 25.3 Å². The molecule has 4 rings (SSSR count). The summed E-state index contributed by atoms with van der Waals surface area (Å²) in [6.07, 6.45) is 2.59. The van der Waals surface area contributed by atoms with E-state index in [2.05, 4.69) is 20.1 Å². The Morgan fingerprint density at radius 2 is 2.00 bits per heavy atom. The maximum Gasteiger partial charge on any atom is 0.267 e. The molecule has 0 bridgehead atoms. The van der Waals surface area contributed by atoms with E-state index in [-0.39, 0.29) is 5.56 Å². The molecule has 2 aromatic rings. The van der Waals surface area contributed by atoms with Gasteiger partial charge in [-0.05, 0) is 11.3 Å². The second kappa shape index (κ2) is 7.72. The van der Waals surface area contributed by atoms with Gasteiger partial charge < -0.3 is 4.52 Å². The lowest BCUT2D eigenvalue weighted by Crippen LogP contribution is -2.47. The van der Waals surface area contributed by atoms with Gasteiger partial charge >= 0.3 is 0 Å². The summed E-state index contributed by atoms with van der Waals surface area (Å²) in [5.74, 6) is 2.03. The van der Waals surface area contributed by atoms with Crippen molar-refractivity contribution in [2.75, 3.05) is 38.5 Å². The Balaban J connectivity index is 1.29. The topological polar surface area (TPSA) is 67.4 Å². The third kappa shape index (κ3) is 4.13. The molecule has 0 radical (unpaired) electrons. The van der Waals surface area contributed by atoms with Gasteiger partial charge in [-0.1, -0.05) is 5.16 Å². The minimum Gasteiger partial charge on any atom is -0.364 e. The Labute approximate surface area is 151 Å². The Kier molecular flexibility index (Phi) is 5.19. The van der Waals surface area contributed by atoms with Crippen LogP contribution in [0.25, 0.3) is 0 Å². The lowest BCUT2D eigenvalue weighted by molar-refractivity contribution is 0.120. The molecule has 0 spiro atoms. The predicted molar refractivity (Wildman–Crippen MR) is 96.6 cm³/mol. The number of piperazine rings is 1. The van der Waals surface area contributed by atoms with E-state index in [1.807, 2.05) is 17.8 Å². The van der Waals surface area contributed by atoms with Crippen LogP contribution in [0.5, 0.6) is 0 Å². The van der Waals surface area contributed by atoms with Gasteiger partial charge in [0.15, 0.2) is 0 Å². The fourth-order valence-electron chi connectivity index (χ4n) is 3.37. The number of nitrogens with zero attached hydrogens (tertiary/aromatic N) is 5. The third-order valence-corrected chi connectivity index (χ3v) is 5.88. The van der Waals surface area contributed by atoms with Crippen LogP contribution in [0.4, 0.5) is 0 Å². The first-order valence-corrected chi connectivity index (χ1v) is 9.95. The maximum atomic E-state index is 12.2. The molecule has 0 atom stereocenters. The van der Waals surface area contributed by atoms with Gasteiger partial charge in [0.05, 0.1) is 17.9 Å². The molecular weight excluding hydrogens is 338 g/mol. The van der Waals surface area contributed by atoms with Crippen molar-refractivity contribution in [1.82, 2.24) is 24.7 Å². The molecule has 2 aliphatic heterocycles. The molecule has 4 heterocycles. The standard InChI is InChI=1S/C17H23N5O2S/c23-17-11-14-13-25-10-2-16(14)18-22(17)8-7-20-3-5-21(6-4-20)12-15-1-9-24-19-15/h1,9,11H,2-8,10,12-13H2. The first-order chi connectivity index (χ1) is 12.3. The van der Waals surface area contributed by atoms with Gasteiger partial charge in [0, 0.05) is 63.6 Å². The molecular formula is C17H23N5O2S. The number of rotatable bonds is 5. The molecule has 0 amide bonds. The summed E-state index contributed by atoms with van der Waals surface area (Å²) in [5.41, 5.74) is 3.25. The second-order valence-corrected chi connectivity index (χ2v) is 7.69. The van der Waals surface area contributed by atoms with Crippen molar-refractivity contribution in [3.8, 4) is 0 Å². The predicted octanol–water partition coefficient (Wildman–Crippen LogP) is 0.838. The van der Waals surface area contributed by atoms with Gasteiger partial charge in [-0.15, -0.1) is 0 Å². The highest BCUT2D eigenvalue weighted by atomic mass is 32.2. The van der Waals surface area contributed by atoms with E-state index in [0.29, 0.717) is 6.54 Å². The van der Waals surface area contributed by atoms with Gasteiger partial charge in [-0.2, -0.15) is 16.9 Å². The summed E-state index contributed by atoms with van der Waals surface area (Å²) < 4.78 is 6.54. The molecule has 1 fully saturated rings. The first kappa shape index (κ1) is 16.8. The number of aryl methyl sites for hydroxylation is 1. The summed E-state index contributed by atoms with van der Waals surface area (Å²) in [4.78, 5) is 17.0. The normalized spacial score (nSPS) is 19.0. The highest BCUT2D eigenvalue weighted by Crippen LogP contribution is 2.21. The summed E-state index contributed by atoms with van der Waals surface area (Å²) in [5, 5.41) is 8.57. The first-order valence-electron chi connectivity index (χ1n) is 8.79. The highest BCUT2D eigenvalue weighted by Gasteiger charge is 2.18. The molecule has 2 aromatic heterocycles. The number of aromatic nitrogens is 3. The highest BCUT2D eigenvalue weighted by molar-refractivity contribution is 7.98. The lowest BCUT2D eigenvalue weighted by atomic mass is 10.2. The molecule has 134 valence electrons. The third-order valence-electron chi connectivity index (χ3n) is 4.87. The molecule has 8 heteroatoms. The zero-order valence-corrected chi connectivity index (χ0v) is 15.1. The van der Waals surface area contributed by atoms with Gasteiger partial charge in [0.2, 0.25) is 0 Å². The van der Waals surface area contributed by atoms with Crippen LogP contribution in [0.15, 0.2) is 27.7 Å². The fraction of sp³-hybridized carbons (Fsp3) is 0.588. The Hall–Kier alpha value is -1.64. The Morgan fingerprint density at radius 3 is 2.80 bits per heavy atom. The van der Waals surface area contributed by atoms with Gasteiger partial charge in [0.25, 0.3) is 5.56 Å². The zero-order chi connectivity index (χ0) is 17.1. The number of thioether (sulfide) groups is 1. The molecule has 2 aliphatic rings. The average Bonchev–Trinajstić information content (AvgIpc) is 3.14. The van der Waals surface area contributed by atoms with Gasteiger partial charge in [-0.3, -0.25) is 14.6 Å². The van der Waals surface area contributed by atoms with E-state index >= 15 is 0 Å². The Bertz CT molecular complexity index is 753. The van der Waals surface area contributed by atoms with E-state index in [0.717, 1.165) is 74.1 Å². The molecule has 0 aromatic carbocycles. The number of fused-ring (bicyclic) bond motifs is 1. The summed E-state index contributed by atoms with van der Waals surface area (Å²) in [6, 6.07) is 3.70. The smallest absolute Gasteiger partial charge is 0.267 e. The van der Waals surface area contributed by atoms with Crippen molar-refractivity contribution in [3.63, 3.8) is 0 Å². The molecule has 25 heavy (non-hydrogen) atoms. The summed E-state index contributed by atoms with van der Waals surface area (Å²) in [6.45, 7) is 6.42. The Morgan fingerprint density at radius 1 is 1.16 bits per heavy atom. The van der Waals surface area contributed by atoms with Crippen molar-refractivity contribution in [2.45, 2.75) is 25.3 Å². The zero-order valence-electron chi connectivity index (χ0n) is 14.3. The molecule has 0 saturated carbocycles. The molecule has 0 unspecified atom stereocenters. The average molecular weight is 361 g/mol. The van der Waals surface area contributed by atoms with E-state index in [4.69, 9.17) is 4.52 Å². The molecule has 0 aliphatic carbocycles. The summed E-state index contributed by atoms with van der Waals surface area (Å²) >= 11 is 1.88. The molecule has 1 saturated heterocycles. The summed E-state index contributed by atoms with van der Waals surface area (Å²) in [7, 11) is 0. The van der Waals surface area contributed by atoms with Crippen molar-refractivity contribution in [2.24, 2.45) is 0 Å². The van der Waals surface area contributed by atoms with Crippen LogP contribution in [0.2, 0.25) is 0 Å². The van der Waals surface area contributed by atoms with Gasteiger partial charge in [-0.25, -0.2) is 4.68 Å². The largest absolute Gasteiger partial charge is 0.364 e. The molecule has 7 nitrogen and oxygen atoms in total. The van der Waals surface area contributed by atoms with Crippen LogP contribution in [0, 0.1) is 0 Å². The van der Waals surface area contributed by atoms with Crippen LogP contribution in [0.3, 0.4) is 0 Å². The monoisotopic (exact) mass is 361 g/mol. The van der Waals surface area contributed by atoms with Crippen LogP contribution in [-0.4, -0.2) is 63.2 Å². The quantitative estimate of drug-likeness (QED) is 0.782. The van der Waals surface area contributed by atoms with Crippen LogP contribution in [0.1, 0.15) is 17.0 Å². The van der Waals surface area contributed by atoms with E-state index < -0.39 is 0 Å². The van der Waals surface area contributed by atoms with E-state index in [1.165, 1.54) is 0 Å². The maximum absolute atomic E-state index is 12.2. The number of hydrogen-bond acceptors (Lipinski definition) is 7. The minimum absolute atomic E-state index is 0.0333. The van der Waals surface area contributed by atoms with Crippen molar-refractivity contribution < 1.29 is 4.52 Å². The van der Waals surface area contributed by atoms with Crippen molar-refractivity contribution in [1.29, 1.82) is 0 Å². The molecule has 0 N–H and O–H groups in total. The van der Waals surface area contributed by atoms with Crippen LogP contribution < -0.4 is 5.56 Å². The SMILES string of the molecule is O=c1cc2c(nn1CCN1CCN(Cc3ccon3)CC1)CCSC2. The fourth-order valence-corrected chi connectivity index (χ4v) is 4.32. The van der Waals surface area contributed by atoms with E-state index in [1.54, 1.807) is 17.0 Å². The lowest BCUT2D eigenvalue weighted by Gasteiger charge is -2.34. The van der Waals surface area contributed by atoms with Gasteiger partial charge in [0.1, 0.15) is 6.26 Å². The van der Waals surface area contributed by atoms with Crippen molar-refractivity contribution >= 4 is 11.8 Å². The van der Waals surface area contributed by atoms with E-state index in [9.17, 15) is 4.79 Å². The number of hydrogen-bond donors (Lipinski definition) is 0.